The second-order valence-corrected chi connectivity index (χ2v) is 4.34. The van der Waals surface area contributed by atoms with Crippen molar-refractivity contribution < 1.29 is 13.6 Å². The van der Waals surface area contributed by atoms with E-state index in [0.29, 0.717) is 11.8 Å². The average molecular weight is 277 g/mol. The fourth-order valence-corrected chi connectivity index (χ4v) is 1.74. The fourth-order valence-electron chi connectivity index (χ4n) is 1.74. The molecule has 0 saturated heterocycles. The zero-order chi connectivity index (χ0) is 14.7. The van der Waals surface area contributed by atoms with Crippen molar-refractivity contribution in [3.8, 4) is 0 Å². The standard InChI is InChI=1S/C14H13F2N3O/c1-19(8-9-4-2-3-5-18-9)14(20)10-6-13(17)12(16)7-11(10)15/h2-7H,8,17H2,1H3. The number of amides is 1. The van der Waals surface area contributed by atoms with Crippen molar-refractivity contribution in [3.63, 3.8) is 0 Å². The molecule has 2 rings (SSSR count). The van der Waals surface area contributed by atoms with Crippen LogP contribution in [0.4, 0.5) is 14.5 Å². The summed E-state index contributed by atoms with van der Waals surface area (Å²) in [5.41, 5.74) is 5.50. The summed E-state index contributed by atoms with van der Waals surface area (Å²) < 4.78 is 26.7. The molecule has 4 nitrogen and oxygen atoms in total. The van der Waals surface area contributed by atoms with Crippen molar-refractivity contribution in [3.05, 3.63) is 59.4 Å². The zero-order valence-corrected chi connectivity index (χ0v) is 10.8. The van der Waals surface area contributed by atoms with Crippen LogP contribution in [0.1, 0.15) is 16.1 Å². The van der Waals surface area contributed by atoms with Gasteiger partial charge in [0, 0.05) is 19.3 Å². The topological polar surface area (TPSA) is 59.2 Å². The molecule has 0 bridgehead atoms. The predicted octanol–water partition coefficient (Wildman–Crippen LogP) is 2.21. The zero-order valence-electron chi connectivity index (χ0n) is 10.8. The number of halogens is 2. The third-order valence-corrected chi connectivity index (χ3v) is 2.79. The molecule has 2 N–H and O–H groups in total. The largest absolute Gasteiger partial charge is 0.396 e. The Morgan fingerprint density at radius 2 is 2.05 bits per heavy atom. The lowest BCUT2D eigenvalue weighted by Gasteiger charge is -2.17. The number of nitrogen functional groups attached to an aromatic ring is 1. The number of aromatic nitrogens is 1. The monoisotopic (exact) mass is 277 g/mol. The van der Waals surface area contributed by atoms with Gasteiger partial charge in [-0.1, -0.05) is 6.07 Å². The van der Waals surface area contributed by atoms with Gasteiger partial charge in [-0.05, 0) is 18.2 Å². The van der Waals surface area contributed by atoms with Crippen LogP contribution in [0, 0.1) is 11.6 Å². The number of carbonyl (C=O) groups excluding carboxylic acids is 1. The quantitative estimate of drug-likeness (QED) is 0.875. The van der Waals surface area contributed by atoms with E-state index in [-0.39, 0.29) is 17.8 Å². The first kappa shape index (κ1) is 13.9. The van der Waals surface area contributed by atoms with Crippen molar-refractivity contribution >= 4 is 11.6 Å². The Bertz CT molecular complexity index is 632. The molecule has 104 valence electrons. The number of pyridine rings is 1. The van der Waals surface area contributed by atoms with Crippen molar-refractivity contribution in [2.75, 3.05) is 12.8 Å². The van der Waals surface area contributed by atoms with Crippen molar-refractivity contribution in [2.24, 2.45) is 0 Å². The van der Waals surface area contributed by atoms with E-state index in [1.807, 2.05) is 0 Å². The SMILES string of the molecule is CN(Cc1ccccn1)C(=O)c1cc(N)c(F)cc1F. The number of benzene rings is 1. The molecule has 20 heavy (non-hydrogen) atoms. The molecule has 2 aromatic rings. The Morgan fingerprint density at radius 1 is 1.30 bits per heavy atom. The first-order chi connectivity index (χ1) is 9.49. The Hall–Kier alpha value is -2.50. The van der Waals surface area contributed by atoms with Gasteiger partial charge in [0.1, 0.15) is 11.6 Å². The Labute approximate surface area is 114 Å². The van der Waals surface area contributed by atoms with Gasteiger partial charge in [0.15, 0.2) is 0 Å². The van der Waals surface area contributed by atoms with Gasteiger partial charge in [-0.2, -0.15) is 0 Å². The maximum Gasteiger partial charge on any atom is 0.257 e. The molecule has 0 fully saturated rings. The number of carbonyl (C=O) groups is 1. The van der Waals surface area contributed by atoms with Crippen molar-refractivity contribution in [2.45, 2.75) is 6.54 Å². The van der Waals surface area contributed by atoms with Gasteiger partial charge in [-0.25, -0.2) is 8.78 Å². The van der Waals surface area contributed by atoms with Crippen LogP contribution in [0.5, 0.6) is 0 Å². The van der Waals surface area contributed by atoms with E-state index in [0.717, 1.165) is 6.07 Å². The van der Waals surface area contributed by atoms with E-state index >= 15 is 0 Å². The number of hydrogen-bond acceptors (Lipinski definition) is 3. The van der Waals surface area contributed by atoms with E-state index in [1.54, 1.807) is 24.4 Å². The van der Waals surface area contributed by atoms with Crippen LogP contribution >= 0.6 is 0 Å². The normalized spacial score (nSPS) is 10.3. The van der Waals surface area contributed by atoms with Gasteiger partial charge in [-0.3, -0.25) is 9.78 Å². The third kappa shape index (κ3) is 2.90. The van der Waals surface area contributed by atoms with Crippen LogP contribution < -0.4 is 5.73 Å². The molecule has 0 saturated carbocycles. The summed E-state index contributed by atoms with van der Waals surface area (Å²) in [6.07, 6.45) is 1.60. The number of anilines is 1. The first-order valence-electron chi connectivity index (χ1n) is 5.89. The van der Waals surface area contributed by atoms with E-state index in [9.17, 15) is 13.6 Å². The molecule has 0 unspecified atom stereocenters. The van der Waals surface area contributed by atoms with Gasteiger partial charge in [0.2, 0.25) is 0 Å². The Morgan fingerprint density at radius 3 is 2.70 bits per heavy atom. The highest BCUT2D eigenvalue weighted by Gasteiger charge is 2.18. The van der Waals surface area contributed by atoms with Gasteiger partial charge in [0.25, 0.3) is 5.91 Å². The molecule has 0 aliphatic rings. The minimum Gasteiger partial charge on any atom is -0.396 e. The first-order valence-corrected chi connectivity index (χ1v) is 5.89. The molecule has 0 radical (unpaired) electrons. The highest BCUT2D eigenvalue weighted by Crippen LogP contribution is 2.18. The summed E-state index contributed by atoms with van der Waals surface area (Å²) in [5.74, 6) is -2.40. The summed E-state index contributed by atoms with van der Waals surface area (Å²) in [5, 5.41) is 0. The molecular weight excluding hydrogens is 264 g/mol. The van der Waals surface area contributed by atoms with Gasteiger partial charge in [-0.15, -0.1) is 0 Å². The van der Waals surface area contributed by atoms with E-state index in [4.69, 9.17) is 5.73 Å². The van der Waals surface area contributed by atoms with Crippen LogP contribution in [0.3, 0.4) is 0 Å². The van der Waals surface area contributed by atoms with Gasteiger partial charge < -0.3 is 10.6 Å². The Balaban J connectivity index is 2.21. The summed E-state index contributed by atoms with van der Waals surface area (Å²) >= 11 is 0. The van der Waals surface area contributed by atoms with Crippen molar-refractivity contribution in [1.82, 2.24) is 9.88 Å². The second-order valence-electron chi connectivity index (χ2n) is 4.34. The van der Waals surface area contributed by atoms with Crippen LogP contribution in [0.15, 0.2) is 36.5 Å². The van der Waals surface area contributed by atoms with E-state index in [1.165, 1.54) is 11.9 Å². The smallest absolute Gasteiger partial charge is 0.257 e. The molecule has 0 aliphatic heterocycles. The van der Waals surface area contributed by atoms with Crippen LogP contribution in [-0.4, -0.2) is 22.8 Å². The summed E-state index contributed by atoms with van der Waals surface area (Å²) in [7, 11) is 1.51. The van der Waals surface area contributed by atoms with Crippen LogP contribution in [0.2, 0.25) is 0 Å². The van der Waals surface area contributed by atoms with Gasteiger partial charge in [0.05, 0.1) is 23.5 Å². The number of nitrogens with zero attached hydrogens (tertiary/aromatic N) is 2. The molecule has 1 aromatic heterocycles. The lowest BCUT2D eigenvalue weighted by molar-refractivity contribution is 0.0778. The molecule has 6 heteroatoms. The molecule has 1 aromatic carbocycles. The molecule has 0 spiro atoms. The maximum absolute atomic E-state index is 13.6. The lowest BCUT2D eigenvalue weighted by Crippen LogP contribution is -2.27. The summed E-state index contributed by atoms with van der Waals surface area (Å²) in [4.78, 5) is 17.5. The van der Waals surface area contributed by atoms with Crippen LogP contribution in [-0.2, 0) is 6.54 Å². The highest BCUT2D eigenvalue weighted by molar-refractivity contribution is 5.95. The minimum absolute atomic E-state index is 0.219. The molecule has 0 aliphatic carbocycles. The third-order valence-electron chi connectivity index (χ3n) is 2.79. The average Bonchev–Trinajstić information content (AvgIpc) is 2.43. The van der Waals surface area contributed by atoms with E-state index in [2.05, 4.69) is 4.98 Å². The molecular formula is C14H13F2N3O. The lowest BCUT2D eigenvalue weighted by atomic mass is 10.1. The number of nitrogens with two attached hydrogens (primary N) is 1. The minimum atomic E-state index is -0.936. The number of rotatable bonds is 3. The fraction of sp³-hybridized carbons (Fsp3) is 0.143. The summed E-state index contributed by atoms with van der Waals surface area (Å²) in [6, 6.07) is 6.90. The molecule has 1 amide bonds. The highest BCUT2D eigenvalue weighted by atomic mass is 19.1. The predicted molar refractivity (Wildman–Crippen MR) is 70.8 cm³/mol. The molecule has 0 atom stereocenters. The number of hydrogen-bond donors (Lipinski definition) is 1. The summed E-state index contributed by atoms with van der Waals surface area (Å²) in [6.45, 7) is 0.219. The molecule has 1 heterocycles. The second kappa shape index (κ2) is 5.64. The van der Waals surface area contributed by atoms with E-state index < -0.39 is 17.5 Å². The maximum atomic E-state index is 13.6. The van der Waals surface area contributed by atoms with Crippen molar-refractivity contribution in [1.29, 1.82) is 0 Å². The van der Waals surface area contributed by atoms with Crippen LogP contribution in [0.25, 0.3) is 0 Å². The van der Waals surface area contributed by atoms with Gasteiger partial charge >= 0.3 is 0 Å². The Kier molecular flexibility index (Phi) is 3.93.